The van der Waals surface area contributed by atoms with Gasteiger partial charge in [0.15, 0.2) is 0 Å². The highest BCUT2D eigenvalue weighted by atomic mass is 16.5. The van der Waals surface area contributed by atoms with Gasteiger partial charge in [0.25, 0.3) is 0 Å². The van der Waals surface area contributed by atoms with Gasteiger partial charge >= 0.3 is 0 Å². The molecule has 0 radical (unpaired) electrons. The number of nitrogens with one attached hydrogen (secondary N) is 2. The third-order valence-electron chi connectivity index (χ3n) is 7.13. The molecule has 0 saturated carbocycles. The van der Waals surface area contributed by atoms with Gasteiger partial charge in [0.05, 0.1) is 24.0 Å². The van der Waals surface area contributed by atoms with E-state index < -0.39 is 34.6 Å². The number of hydrogen-bond donors (Lipinski definition) is 3. The first-order chi connectivity index (χ1) is 14.7. The maximum atomic E-state index is 13.7. The van der Waals surface area contributed by atoms with E-state index in [-0.39, 0.29) is 36.3 Å². The lowest BCUT2D eigenvalue weighted by atomic mass is 9.66. The molecule has 2 bridgehead atoms. The van der Waals surface area contributed by atoms with Crippen LogP contribution in [0.25, 0.3) is 0 Å². The fourth-order valence-corrected chi connectivity index (χ4v) is 6.61. The molecule has 32 heavy (non-hydrogen) atoms. The SMILES string of the molecule is CCCNC(=O)[C@H]1[C@H]2C(=O)N(CCO)C(C(=O)NC(C)(C)CC(C)(C)C)C23CC[C@]1(C)O3. The summed E-state index contributed by atoms with van der Waals surface area (Å²) in [5.74, 6) is -2.09. The largest absolute Gasteiger partial charge is 0.395 e. The van der Waals surface area contributed by atoms with Crippen LogP contribution in [0.3, 0.4) is 0 Å². The number of β-amino-alcohol motifs (C(OH)–C–C–N with tert-alkyl or cyclic N) is 1. The van der Waals surface area contributed by atoms with E-state index in [0.717, 1.165) is 12.8 Å². The summed E-state index contributed by atoms with van der Waals surface area (Å²) in [5, 5.41) is 15.7. The van der Waals surface area contributed by atoms with Crippen LogP contribution in [0.2, 0.25) is 0 Å². The zero-order valence-electron chi connectivity index (χ0n) is 20.7. The van der Waals surface area contributed by atoms with Crippen LogP contribution in [0.5, 0.6) is 0 Å². The van der Waals surface area contributed by atoms with E-state index in [9.17, 15) is 19.5 Å². The van der Waals surface area contributed by atoms with Crippen molar-refractivity contribution in [2.24, 2.45) is 17.3 Å². The van der Waals surface area contributed by atoms with Gasteiger partial charge in [0, 0.05) is 18.6 Å². The molecule has 3 saturated heterocycles. The molecule has 5 atom stereocenters. The molecule has 3 N–H and O–H groups in total. The highest BCUT2D eigenvalue weighted by Crippen LogP contribution is 2.63. The summed E-state index contributed by atoms with van der Waals surface area (Å²) < 4.78 is 6.52. The molecule has 3 rings (SSSR count). The molecule has 0 aromatic carbocycles. The number of carbonyl (C=O) groups excluding carboxylic acids is 3. The number of carbonyl (C=O) groups is 3. The average Bonchev–Trinajstić information content (AvgIpc) is 3.19. The van der Waals surface area contributed by atoms with E-state index in [2.05, 4.69) is 31.4 Å². The Morgan fingerprint density at radius 2 is 1.84 bits per heavy atom. The van der Waals surface area contributed by atoms with Crippen LogP contribution in [-0.2, 0) is 19.1 Å². The van der Waals surface area contributed by atoms with E-state index in [4.69, 9.17) is 4.74 Å². The van der Waals surface area contributed by atoms with Crippen molar-refractivity contribution in [3.8, 4) is 0 Å². The maximum absolute atomic E-state index is 13.7. The van der Waals surface area contributed by atoms with Gasteiger partial charge in [0.2, 0.25) is 17.7 Å². The number of fused-ring (bicyclic) bond motifs is 1. The van der Waals surface area contributed by atoms with Gasteiger partial charge in [-0.2, -0.15) is 0 Å². The topological polar surface area (TPSA) is 108 Å². The number of ether oxygens (including phenoxy) is 1. The Hall–Kier alpha value is -1.67. The normalized spacial score (nSPS) is 34.1. The number of likely N-dealkylation sites (tertiary alicyclic amines) is 1. The standard InChI is InChI=1S/C24H41N3O5/c1-8-11-25-18(29)15-16-20(31)27(12-13-28)17(24(16)10-9-23(15,7)32-24)19(30)26-22(5,6)14-21(2,3)4/h15-17,28H,8-14H2,1-7H3,(H,25,29)(H,26,30)/t15-,16+,17?,23+,24?/m1/s1. The van der Waals surface area contributed by atoms with Crippen molar-refractivity contribution < 1.29 is 24.2 Å². The molecule has 8 heteroatoms. The molecule has 0 aliphatic carbocycles. The number of hydrogen-bond acceptors (Lipinski definition) is 5. The van der Waals surface area contributed by atoms with Crippen LogP contribution >= 0.6 is 0 Å². The Bertz CT molecular complexity index is 776. The summed E-state index contributed by atoms with van der Waals surface area (Å²) in [5.41, 5.74) is -2.30. The lowest BCUT2D eigenvalue weighted by molar-refractivity contribution is -0.147. The van der Waals surface area contributed by atoms with Crippen LogP contribution in [0.4, 0.5) is 0 Å². The third kappa shape index (κ3) is 4.16. The van der Waals surface area contributed by atoms with Crippen LogP contribution in [0.1, 0.15) is 74.1 Å². The predicted octanol–water partition coefficient (Wildman–Crippen LogP) is 1.60. The summed E-state index contributed by atoms with van der Waals surface area (Å²) in [6.07, 6.45) is 2.70. The summed E-state index contributed by atoms with van der Waals surface area (Å²) in [6, 6.07) is -0.864. The van der Waals surface area contributed by atoms with Gasteiger partial charge in [-0.25, -0.2) is 0 Å². The predicted molar refractivity (Wildman–Crippen MR) is 121 cm³/mol. The highest BCUT2D eigenvalue weighted by molar-refractivity contribution is 5.99. The molecule has 2 unspecified atom stereocenters. The van der Waals surface area contributed by atoms with Crippen LogP contribution < -0.4 is 10.6 Å². The number of nitrogens with zero attached hydrogens (tertiary/aromatic N) is 1. The summed E-state index contributed by atoms with van der Waals surface area (Å²) >= 11 is 0. The zero-order chi connectivity index (χ0) is 24.1. The van der Waals surface area contributed by atoms with Gasteiger partial charge < -0.3 is 25.4 Å². The Balaban J connectivity index is 1.96. The van der Waals surface area contributed by atoms with Gasteiger partial charge in [-0.1, -0.05) is 27.7 Å². The van der Waals surface area contributed by atoms with Crippen molar-refractivity contribution in [2.75, 3.05) is 19.7 Å². The monoisotopic (exact) mass is 451 g/mol. The molecule has 3 amide bonds. The molecule has 3 aliphatic heterocycles. The summed E-state index contributed by atoms with van der Waals surface area (Å²) in [4.78, 5) is 41.8. The second-order valence-corrected chi connectivity index (χ2v) is 11.9. The van der Waals surface area contributed by atoms with Crippen LogP contribution in [-0.4, -0.2) is 70.2 Å². The second-order valence-electron chi connectivity index (χ2n) is 11.9. The number of aliphatic hydroxyl groups excluding tert-OH is 1. The van der Waals surface area contributed by atoms with E-state index in [1.54, 1.807) is 0 Å². The lowest BCUT2D eigenvalue weighted by Gasteiger charge is -2.38. The van der Waals surface area contributed by atoms with E-state index >= 15 is 0 Å². The minimum Gasteiger partial charge on any atom is -0.395 e. The Labute approximate surface area is 191 Å². The summed E-state index contributed by atoms with van der Waals surface area (Å²) in [6.45, 7) is 14.5. The van der Waals surface area contributed by atoms with E-state index in [1.807, 2.05) is 27.7 Å². The Kier molecular flexibility index (Phi) is 6.46. The summed E-state index contributed by atoms with van der Waals surface area (Å²) in [7, 11) is 0. The van der Waals surface area contributed by atoms with Crippen molar-refractivity contribution in [2.45, 2.75) is 96.9 Å². The lowest BCUT2D eigenvalue weighted by Crippen LogP contribution is -2.59. The van der Waals surface area contributed by atoms with Crippen molar-refractivity contribution in [3.05, 3.63) is 0 Å². The maximum Gasteiger partial charge on any atom is 0.246 e. The molecule has 1 spiro atoms. The van der Waals surface area contributed by atoms with E-state index in [0.29, 0.717) is 19.4 Å². The third-order valence-corrected chi connectivity index (χ3v) is 7.13. The molecule has 3 fully saturated rings. The fourth-order valence-electron chi connectivity index (χ4n) is 6.61. The van der Waals surface area contributed by atoms with Gasteiger partial charge in [-0.3, -0.25) is 14.4 Å². The average molecular weight is 452 g/mol. The van der Waals surface area contributed by atoms with Gasteiger partial charge in [-0.05, 0) is 51.9 Å². The number of amides is 3. The van der Waals surface area contributed by atoms with Gasteiger partial charge in [0.1, 0.15) is 11.6 Å². The minimum absolute atomic E-state index is 0.00608. The molecule has 182 valence electrons. The van der Waals surface area contributed by atoms with Crippen molar-refractivity contribution in [3.63, 3.8) is 0 Å². The number of aliphatic hydroxyl groups is 1. The minimum atomic E-state index is -1.04. The molecular weight excluding hydrogens is 410 g/mol. The first-order valence-electron chi connectivity index (χ1n) is 11.9. The second kappa shape index (κ2) is 8.28. The smallest absolute Gasteiger partial charge is 0.246 e. The van der Waals surface area contributed by atoms with E-state index in [1.165, 1.54) is 4.90 Å². The Morgan fingerprint density at radius 1 is 1.19 bits per heavy atom. The van der Waals surface area contributed by atoms with Crippen molar-refractivity contribution in [1.29, 1.82) is 0 Å². The molecule has 3 aliphatic rings. The number of rotatable bonds is 8. The quantitative estimate of drug-likeness (QED) is 0.520. The highest BCUT2D eigenvalue weighted by Gasteiger charge is 2.77. The fraction of sp³-hybridized carbons (Fsp3) is 0.875. The first-order valence-corrected chi connectivity index (χ1v) is 11.9. The van der Waals surface area contributed by atoms with Crippen LogP contribution in [0.15, 0.2) is 0 Å². The molecule has 8 nitrogen and oxygen atoms in total. The van der Waals surface area contributed by atoms with Crippen molar-refractivity contribution >= 4 is 17.7 Å². The van der Waals surface area contributed by atoms with Crippen LogP contribution in [0, 0.1) is 17.3 Å². The molecule has 0 aromatic heterocycles. The Morgan fingerprint density at radius 3 is 2.41 bits per heavy atom. The molecule has 0 aromatic rings. The van der Waals surface area contributed by atoms with Gasteiger partial charge in [-0.15, -0.1) is 0 Å². The first kappa shape index (κ1) is 25.0. The molecule has 3 heterocycles. The van der Waals surface area contributed by atoms with Crippen molar-refractivity contribution in [1.82, 2.24) is 15.5 Å². The molecular formula is C24H41N3O5. The zero-order valence-corrected chi connectivity index (χ0v) is 20.7.